The van der Waals surface area contributed by atoms with E-state index >= 15 is 0 Å². The standard InChI is InChI=1S/C7H7ClO.C3H8O2/c1-5-3-2-4-6(8)7(5)9;1-3(5)2-4/h2-4,9H,1H3;3-5H,2H2,1H3. The molecule has 14 heavy (non-hydrogen) atoms. The average molecular weight is 219 g/mol. The first-order chi connectivity index (χ1) is 6.49. The van der Waals surface area contributed by atoms with Gasteiger partial charge in [-0.15, -0.1) is 0 Å². The molecule has 1 aromatic carbocycles. The number of aromatic hydroxyl groups is 1. The summed E-state index contributed by atoms with van der Waals surface area (Å²) in [4.78, 5) is 0. The predicted octanol–water partition coefficient (Wildman–Crippen LogP) is 1.71. The first kappa shape index (κ1) is 13.2. The maximum atomic E-state index is 9.07. The fraction of sp³-hybridized carbons (Fsp3) is 0.400. The normalized spacial score (nSPS) is 11.5. The predicted molar refractivity (Wildman–Crippen MR) is 56.6 cm³/mol. The largest absolute Gasteiger partial charge is 0.506 e. The molecule has 0 spiro atoms. The summed E-state index contributed by atoms with van der Waals surface area (Å²) in [5.74, 6) is 0.180. The second kappa shape index (κ2) is 6.65. The molecule has 0 amide bonds. The van der Waals surface area contributed by atoms with Gasteiger partial charge in [0.25, 0.3) is 0 Å². The highest BCUT2D eigenvalue weighted by Gasteiger charge is 1.97. The van der Waals surface area contributed by atoms with Crippen LogP contribution in [0.2, 0.25) is 5.02 Å². The molecule has 0 aliphatic carbocycles. The number of rotatable bonds is 1. The van der Waals surface area contributed by atoms with Crippen molar-refractivity contribution < 1.29 is 15.3 Å². The zero-order valence-electron chi connectivity index (χ0n) is 8.24. The molecular formula is C10H15ClO3. The lowest BCUT2D eigenvalue weighted by molar-refractivity contribution is 0.110. The van der Waals surface area contributed by atoms with Gasteiger partial charge in [0.05, 0.1) is 17.7 Å². The molecule has 0 fully saturated rings. The Bertz CT molecular complexity index is 254. The van der Waals surface area contributed by atoms with Crippen molar-refractivity contribution in [3.05, 3.63) is 28.8 Å². The van der Waals surface area contributed by atoms with E-state index in [4.69, 9.17) is 26.9 Å². The first-order valence-corrected chi connectivity index (χ1v) is 4.59. The Hall–Kier alpha value is -0.770. The summed E-state index contributed by atoms with van der Waals surface area (Å²) >= 11 is 5.56. The van der Waals surface area contributed by atoms with Gasteiger partial charge in [-0.25, -0.2) is 0 Å². The van der Waals surface area contributed by atoms with Crippen LogP contribution in [0.4, 0.5) is 0 Å². The molecule has 0 aromatic heterocycles. The van der Waals surface area contributed by atoms with Crippen LogP contribution in [0, 0.1) is 6.92 Å². The second-order valence-corrected chi connectivity index (χ2v) is 3.34. The van der Waals surface area contributed by atoms with E-state index in [2.05, 4.69) is 0 Å². The van der Waals surface area contributed by atoms with E-state index in [1.54, 1.807) is 25.1 Å². The van der Waals surface area contributed by atoms with Crippen molar-refractivity contribution in [2.24, 2.45) is 0 Å². The molecular weight excluding hydrogens is 204 g/mol. The third kappa shape index (κ3) is 5.07. The van der Waals surface area contributed by atoms with Crippen LogP contribution in [0.15, 0.2) is 18.2 Å². The summed E-state index contributed by atoms with van der Waals surface area (Å²) in [6, 6.07) is 5.27. The van der Waals surface area contributed by atoms with Gasteiger partial charge < -0.3 is 15.3 Å². The summed E-state index contributed by atoms with van der Waals surface area (Å²) in [5.41, 5.74) is 0.808. The van der Waals surface area contributed by atoms with Crippen molar-refractivity contribution in [3.63, 3.8) is 0 Å². The number of phenols is 1. The Morgan fingerprint density at radius 1 is 1.43 bits per heavy atom. The molecule has 1 rings (SSSR count). The van der Waals surface area contributed by atoms with Gasteiger partial charge in [0.15, 0.2) is 0 Å². The van der Waals surface area contributed by atoms with Gasteiger partial charge in [-0.05, 0) is 25.5 Å². The third-order valence-electron chi connectivity index (χ3n) is 1.45. The number of phenolic OH excluding ortho intramolecular Hbond substituents is 1. The molecule has 1 atom stereocenters. The lowest BCUT2D eigenvalue weighted by atomic mass is 10.2. The number of para-hydroxylation sites is 1. The Morgan fingerprint density at radius 2 is 1.93 bits per heavy atom. The van der Waals surface area contributed by atoms with E-state index in [-0.39, 0.29) is 12.4 Å². The third-order valence-corrected chi connectivity index (χ3v) is 1.76. The molecule has 3 nitrogen and oxygen atoms in total. The fourth-order valence-electron chi connectivity index (χ4n) is 0.623. The molecule has 0 saturated heterocycles. The number of halogens is 1. The van der Waals surface area contributed by atoms with E-state index in [0.717, 1.165) is 5.56 Å². The zero-order valence-corrected chi connectivity index (χ0v) is 8.99. The first-order valence-electron chi connectivity index (χ1n) is 4.22. The van der Waals surface area contributed by atoms with Crippen molar-refractivity contribution in [1.82, 2.24) is 0 Å². The van der Waals surface area contributed by atoms with Crippen molar-refractivity contribution in [1.29, 1.82) is 0 Å². The Balaban J connectivity index is 0.000000292. The van der Waals surface area contributed by atoms with Crippen LogP contribution in [-0.4, -0.2) is 28.0 Å². The Labute approximate surface area is 88.6 Å². The van der Waals surface area contributed by atoms with Crippen LogP contribution >= 0.6 is 11.6 Å². The summed E-state index contributed by atoms with van der Waals surface area (Å²) in [6.45, 7) is 3.20. The minimum absolute atomic E-state index is 0.139. The van der Waals surface area contributed by atoms with Crippen LogP contribution in [0.1, 0.15) is 12.5 Å². The van der Waals surface area contributed by atoms with Gasteiger partial charge in [0.1, 0.15) is 5.75 Å². The van der Waals surface area contributed by atoms with E-state index in [0.29, 0.717) is 5.02 Å². The van der Waals surface area contributed by atoms with Gasteiger partial charge >= 0.3 is 0 Å². The van der Waals surface area contributed by atoms with Gasteiger partial charge in [-0.3, -0.25) is 0 Å². The minimum atomic E-state index is -0.560. The molecule has 80 valence electrons. The molecule has 0 bridgehead atoms. The van der Waals surface area contributed by atoms with E-state index in [1.807, 2.05) is 0 Å². The maximum Gasteiger partial charge on any atom is 0.137 e. The smallest absolute Gasteiger partial charge is 0.137 e. The summed E-state index contributed by atoms with van der Waals surface area (Å²) in [5, 5.41) is 25.5. The second-order valence-electron chi connectivity index (χ2n) is 2.94. The van der Waals surface area contributed by atoms with Gasteiger partial charge in [-0.2, -0.15) is 0 Å². The van der Waals surface area contributed by atoms with Crippen LogP contribution in [0.3, 0.4) is 0 Å². The van der Waals surface area contributed by atoms with Gasteiger partial charge in [0, 0.05) is 0 Å². The summed E-state index contributed by atoms with van der Waals surface area (Å²) in [7, 11) is 0. The molecule has 4 heteroatoms. The summed E-state index contributed by atoms with van der Waals surface area (Å²) in [6.07, 6.45) is -0.560. The lowest BCUT2D eigenvalue weighted by Crippen LogP contribution is -2.03. The molecule has 0 radical (unpaired) electrons. The maximum absolute atomic E-state index is 9.07. The molecule has 0 aliphatic rings. The van der Waals surface area contributed by atoms with Crippen molar-refractivity contribution in [2.45, 2.75) is 20.0 Å². The highest BCUT2D eigenvalue weighted by molar-refractivity contribution is 6.32. The van der Waals surface area contributed by atoms with Crippen LogP contribution in [-0.2, 0) is 0 Å². The number of benzene rings is 1. The molecule has 1 unspecified atom stereocenters. The van der Waals surface area contributed by atoms with Crippen LogP contribution < -0.4 is 0 Å². The SMILES string of the molecule is CC(O)CO.Cc1cccc(Cl)c1O. The van der Waals surface area contributed by atoms with Gasteiger partial charge in [0.2, 0.25) is 0 Å². The van der Waals surface area contributed by atoms with Crippen molar-refractivity contribution >= 4 is 11.6 Å². The van der Waals surface area contributed by atoms with E-state index < -0.39 is 6.10 Å². The lowest BCUT2D eigenvalue weighted by Gasteiger charge is -1.97. The van der Waals surface area contributed by atoms with Crippen molar-refractivity contribution in [2.75, 3.05) is 6.61 Å². The topological polar surface area (TPSA) is 60.7 Å². The fourth-order valence-corrected chi connectivity index (χ4v) is 0.845. The monoisotopic (exact) mass is 218 g/mol. The van der Waals surface area contributed by atoms with E-state index in [9.17, 15) is 0 Å². The minimum Gasteiger partial charge on any atom is -0.506 e. The number of aryl methyl sites for hydroxylation is 1. The number of hydrogen-bond acceptors (Lipinski definition) is 3. The zero-order chi connectivity index (χ0) is 11.1. The highest BCUT2D eigenvalue weighted by Crippen LogP contribution is 2.25. The van der Waals surface area contributed by atoms with Gasteiger partial charge in [-0.1, -0.05) is 23.7 Å². The quantitative estimate of drug-likeness (QED) is 0.673. The number of hydrogen-bond donors (Lipinski definition) is 3. The number of aliphatic hydroxyl groups is 2. The van der Waals surface area contributed by atoms with E-state index in [1.165, 1.54) is 6.92 Å². The molecule has 0 heterocycles. The molecule has 0 saturated carbocycles. The highest BCUT2D eigenvalue weighted by atomic mass is 35.5. The molecule has 3 N–H and O–H groups in total. The molecule has 1 aromatic rings. The van der Waals surface area contributed by atoms with Crippen molar-refractivity contribution in [3.8, 4) is 5.75 Å². The summed E-state index contributed by atoms with van der Waals surface area (Å²) < 4.78 is 0. The van der Waals surface area contributed by atoms with Crippen LogP contribution in [0.5, 0.6) is 5.75 Å². The molecule has 0 aliphatic heterocycles. The Kier molecular flexibility index (Phi) is 6.28. The van der Waals surface area contributed by atoms with Crippen LogP contribution in [0.25, 0.3) is 0 Å². The average Bonchev–Trinajstić information content (AvgIpc) is 2.15. The number of aliphatic hydroxyl groups excluding tert-OH is 2. The Morgan fingerprint density at radius 3 is 2.21 bits per heavy atom.